The van der Waals surface area contributed by atoms with Crippen molar-refractivity contribution < 1.29 is 13.9 Å². The lowest BCUT2D eigenvalue weighted by Crippen LogP contribution is -2.55. The summed E-state index contributed by atoms with van der Waals surface area (Å²) in [5, 5.41) is 16.0. The number of hydrogen-bond donors (Lipinski definition) is 2. The highest BCUT2D eigenvalue weighted by Crippen LogP contribution is 2.38. The van der Waals surface area contributed by atoms with Gasteiger partial charge in [0.25, 0.3) is 0 Å². The highest BCUT2D eigenvalue weighted by molar-refractivity contribution is 5.61. The van der Waals surface area contributed by atoms with Crippen LogP contribution in [0.15, 0.2) is 24.4 Å². The van der Waals surface area contributed by atoms with E-state index in [1.54, 1.807) is 18.2 Å². The first-order valence-electron chi connectivity index (χ1n) is 12.0. The summed E-state index contributed by atoms with van der Waals surface area (Å²) in [4.78, 5) is 11.1. The molecule has 9 heteroatoms. The molecule has 8 nitrogen and oxygen atoms in total. The van der Waals surface area contributed by atoms with E-state index in [9.17, 15) is 9.65 Å². The average molecular weight is 467 g/mol. The summed E-state index contributed by atoms with van der Waals surface area (Å²) in [7, 11) is 0. The van der Waals surface area contributed by atoms with Crippen LogP contribution in [0.4, 0.5) is 21.8 Å². The van der Waals surface area contributed by atoms with Crippen molar-refractivity contribution in [2.45, 2.75) is 57.2 Å². The number of anilines is 3. The molecule has 0 aliphatic carbocycles. The molecule has 0 unspecified atom stereocenters. The van der Waals surface area contributed by atoms with Gasteiger partial charge in [-0.1, -0.05) is 0 Å². The zero-order valence-corrected chi connectivity index (χ0v) is 19.7. The molecule has 0 amide bonds. The molecule has 0 radical (unpaired) electrons. The maximum atomic E-state index is 14.6. The summed E-state index contributed by atoms with van der Waals surface area (Å²) in [5.74, 6) is 0.898. The maximum Gasteiger partial charge on any atom is 0.229 e. The van der Waals surface area contributed by atoms with E-state index in [4.69, 9.17) is 9.47 Å². The number of fused-ring (bicyclic) bond motifs is 1. The van der Waals surface area contributed by atoms with Crippen molar-refractivity contribution >= 4 is 17.5 Å². The third-order valence-electron chi connectivity index (χ3n) is 7.08. The molecule has 1 aromatic heterocycles. The minimum atomic E-state index is -0.473. The Morgan fingerprint density at radius 2 is 2.21 bits per heavy atom. The summed E-state index contributed by atoms with van der Waals surface area (Å²) < 4.78 is 25.5. The van der Waals surface area contributed by atoms with Crippen molar-refractivity contribution in [1.82, 2.24) is 14.9 Å². The van der Waals surface area contributed by atoms with Gasteiger partial charge in [-0.3, -0.25) is 4.90 Å². The van der Waals surface area contributed by atoms with Crippen LogP contribution in [0.25, 0.3) is 0 Å². The second-order valence-electron chi connectivity index (χ2n) is 10.1. The molecule has 3 fully saturated rings. The Bertz CT molecular complexity index is 1080. The van der Waals surface area contributed by atoms with Crippen LogP contribution in [0, 0.1) is 23.1 Å². The Balaban J connectivity index is 1.27. The standard InChI is InChI=1S/C25H31FN6O2/c1-25(2)10-19(9-20-4-3-7-32(20)25)29-23-21(26)12-28-24(31-23)30-18-5-6-22(17(8-18)11-27)34-15-16-13-33-14-16/h5-6,8,12,16,19-20H,3-4,7,9-10,13-15H2,1-2H3,(H2,28,29,30,31)/t19-,20-/m1/s1. The fraction of sp³-hybridized carbons (Fsp3) is 0.560. The van der Waals surface area contributed by atoms with E-state index in [-0.39, 0.29) is 23.3 Å². The summed E-state index contributed by atoms with van der Waals surface area (Å²) in [5.41, 5.74) is 1.12. The van der Waals surface area contributed by atoms with Gasteiger partial charge < -0.3 is 20.1 Å². The van der Waals surface area contributed by atoms with Crippen molar-refractivity contribution in [3.63, 3.8) is 0 Å². The summed E-state index contributed by atoms with van der Waals surface area (Å²) in [6, 6.07) is 8.08. The van der Waals surface area contributed by atoms with Crippen molar-refractivity contribution in [2.24, 2.45) is 5.92 Å². The molecule has 0 bridgehead atoms. The molecule has 5 rings (SSSR count). The van der Waals surface area contributed by atoms with Crippen LogP contribution < -0.4 is 15.4 Å². The lowest BCUT2D eigenvalue weighted by molar-refractivity contribution is -0.0508. The molecule has 2 aromatic rings. The molecule has 3 aliphatic heterocycles. The minimum Gasteiger partial charge on any atom is -0.492 e. The summed E-state index contributed by atoms with van der Waals surface area (Å²) in [6.45, 7) is 7.58. The first-order valence-corrected chi connectivity index (χ1v) is 12.0. The quantitative estimate of drug-likeness (QED) is 0.631. The van der Waals surface area contributed by atoms with Crippen LogP contribution in [-0.4, -0.2) is 58.9 Å². The molecule has 34 heavy (non-hydrogen) atoms. The van der Waals surface area contributed by atoms with Crippen LogP contribution >= 0.6 is 0 Å². The third-order valence-corrected chi connectivity index (χ3v) is 7.08. The van der Waals surface area contributed by atoms with Crippen molar-refractivity contribution in [1.29, 1.82) is 5.26 Å². The number of aromatic nitrogens is 2. The zero-order chi connectivity index (χ0) is 23.7. The summed E-state index contributed by atoms with van der Waals surface area (Å²) >= 11 is 0. The van der Waals surface area contributed by atoms with Gasteiger partial charge in [0.1, 0.15) is 11.8 Å². The predicted molar refractivity (Wildman–Crippen MR) is 127 cm³/mol. The van der Waals surface area contributed by atoms with Gasteiger partial charge in [0.2, 0.25) is 5.95 Å². The Kier molecular flexibility index (Phi) is 6.28. The molecular weight excluding hydrogens is 435 g/mol. The lowest BCUT2D eigenvalue weighted by atomic mass is 9.84. The van der Waals surface area contributed by atoms with Crippen LogP contribution in [-0.2, 0) is 4.74 Å². The van der Waals surface area contributed by atoms with E-state index < -0.39 is 5.82 Å². The highest BCUT2D eigenvalue weighted by Gasteiger charge is 2.43. The van der Waals surface area contributed by atoms with Crippen LogP contribution in [0.2, 0.25) is 0 Å². The highest BCUT2D eigenvalue weighted by atomic mass is 19.1. The molecule has 180 valence electrons. The second kappa shape index (κ2) is 9.35. The molecule has 1 aromatic carbocycles. The molecule has 0 saturated carbocycles. The van der Waals surface area contributed by atoms with Crippen molar-refractivity contribution in [3.8, 4) is 11.8 Å². The SMILES string of the molecule is CC1(C)C[C@H](Nc2nc(Nc3ccc(OCC4COC4)c(C#N)c3)ncc2F)C[C@H]2CCCN21. The van der Waals surface area contributed by atoms with Gasteiger partial charge in [-0.15, -0.1) is 0 Å². The maximum absolute atomic E-state index is 14.6. The van der Waals surface area contributed by atoms with E-state index in [1.165, 1.54) is 19.0 Å². The largest absolute Gasteiger partial charge is 0.492 e. The number of nitriles is 1. The fourth-order valence-electron chi connectivity index (χ4n) is 5.38. The Labute approximate surface area is 199 Å². The van der Waals surface area contributed by atoms with Gasteiger partial charge in [-0.2, -0.15) is 10.2 Å². The molecular formula is C25H31FN6O2. The Morgan fingerprint density at radius 3 is 2.97 bits per heavy atom. The lowest BCUT2D eigenvalue weighted by Gasteiger charge is -2.47. The van der Waals surface area contributed by atoms with E-state index in [2.05, 4.69) is 45.4 Å². The van der Waals surface area contributed by atoms with Gasteiger partial charge in [-0.25, -0.2) is 9.37 Å². The van der Waals surface area contributed by atoms with Gasteiger partial charge in [-0.05, 0) is 64.3 Å². The van der Waals surface area contributed by atoms with Gasteiger partial charge >= 0.3 is 0 Å². The normalized spacial score (nSPS) is 24.1. The van der Waals surface area contributed by atoms with E-state index >= 15 is 0 Å². The minimum absolute atomic E-state index is 0.0742. The monoisotopic (exact) mass is 466 g/mol. The topological polar surface area (TPSA) is 95.3 Å². The van der Waals surface area contributed by atoms with Crippen LogP contribution in [0.5, 0.6) is 5.75 Å². The van der Waals surface area contributed by atoms with Gasteiger partial charge in [0, 0.05) is 29.2 Å². The predicted octanol–water partition coefficient (Wildman–Crippen LogP) is 4.07. The Morgan fingerprint density at radius 1 is 1.35 bits per heavy atom. The summed E-state index contributed by atoms with van der Waals surface area (Å²) in [6.07, 6.45) is 5.50. The zero-order valence-electron chi connectivity index (χ0n) is 19.7. The number of halogens is 1. The van der Waals surface area contributed by atoms with Crippen molar-refractivity contribution in [2.75, 3.05) is 37.0 Å². The average Bonchev–Trinajstić information content (AvgIpc) is 3.25. The first-order chi connectivity index (χ1) is 16.4. The van der Waals surface area contributed by atoms with Crippen molar-refractivity contribution in [3.05, 3.63) is 35.8 Å². The number of ether oxygens (including phenoxy) is 2. The van der Waals surface area contributed by atoms with Gasteiger partial charge in [0.05, 0.1) is 31.6 Å². The Hall–Kier alpha value is -2.96. The third kappa shape index (κ3) is 4.79. The molecule has 0 spiro atoms. The number of benzene rings is 1. The molecule has 2 N–H and O–H groups in total. The van der Waals surface area contributed by atoms with Crippen LogP contribution in [0.1, 0.15) is 45.1 Å². The number of rotatable bonds is 7. The second-order valence-corrected chi connectivity index (χ2v) is 10.1. The number of hydrogen-bond acceptors (Lipinski definition) is 8. The first kappa shape index (κ1) is 22.8. The molecule has 4 heterocycles. The van der Waals surface area contributed by atoms with E-state index in [1.807, 2.05) is 0 Å². The molecule has 3 saturated heterocycles. The van der Waals surface area contributed by atoms with Gasteiger partial charge in [0.15, 0.2) is 11.6 Å². The van der Waals surface area contributed by atoms with E-state index in [0.29, 0.717) is 48.8 Å². The van der Waals surface area contributed by atoms with Crippen LogP contribution in [0.3, 0.4) is 0 Å². The molecule has 2 atom stereocenters. The number of nitrogens with zero attached hydrogens (tertiary/aromatic N) is 4. The fourth-order valence-corrected chi connectivity index (χ4v) is 5.38. The number of nitrogens with one attached hydrogen (secondary N) is 2. The van der Waals surface area contributed by atoms with E-state index in [0.717, 1.165) is 19.4 Å². The molecule has 3 aliphatic rings. The number of piperidine rings is 1. The smallest absolute Gasteiger partial charge is 0.229 e.